The van der Waals surface area contributed by atoms with Crippen LogP contribution in [0, 0.1) is 5.92 Å². The molecule has 3 aliphatic heterocycles. The Hall–Kier alpha value is -2.32. The van der Waals surface area contributed by atoms with Gasteiger partial charge in [0.05, 0.1) is 0 Å². The van der Waals surface area contributed by atoms with Gasteiger partial charge in [-0.05, 0) is 67.9 Å². The van der Waals surface area contributed by atoms with Gasteiger partial charge in [0.1, 0.15) is 6.26 Å². The number of hydrogen-bond donors (Lipinski definition) is 2. The lowest BCUT2D eigenvalue weighted by molar-refractivity contribution is -0.114. The number of hydrogen-bond acceptors (Lipinski definition) is 6. The van der Waals surface area contributed by atoms with E-state index >= 15 is 0 Å². The lowest BCUT2D eigenvalue weighted by Crippen LogP contribution is -2.57. The number of amides is 2. The molecule has 7 nitrogen and oxygen atoms in total. The minimum absolute atomic E-state index is 0.0191. The molecule has 1 aromatic carbocycles. The molecule has 0 aliphatic carbocycles. The zero-order chi connectivity index (χ0) is 18.8. The van der Waals surface area contributed by atoms with E-state index in [-0.39, 0.29) is 17.9 Å². The molecule has 3 aliphatic rings. The van der Waals surface area contributed by atoms with Gasteiger partial charge in [-0.3, -0.25) is 9.59 Å². The Kier molecular flexibility index (Phi) is 5.18. The molecule has 4 heterocycles. The molecule has 0 radical (unpaired) electrons. The van der Waals surface area contributed by atoms with Crippen LogP contribution in [0.15, 0.2) is 45.1 Å². The average Bonchev–Trinajstić information content (AvgIpc) is 3.09. The van der Waals surface area contributed by atoms with Gasteiger partial charge in [0, 0.05) is 30.0 Å². The lowest BCUT2D eigenvalue weighted by Gasteiger charge is -2.44. The van der Waals surface area contributed by atoms with Gasteiger partial charge in [0.15, 0.2) is 5.82 Å². The monoisotopic (exact) mass is 386 g/mol. The Bertz CT molecular complexity index is 828. The van der Waals surface area contributed by atoms with Gasteiger partial charge in [0.25, 0.3) is 11.1 Å². The summed E-state index contributed by atoms with van der Waals surface area (Å²) in [5, 5.41) is 6.20. The first-order valence-corrected chi connectivity index (χ1v) is 9.93. The standard InChI is InChI=1S/C19H22N4O3S/c1-12(24)20-17-11-26-19(22-17)27-15-4-2-14(3-5-15)18(25)21-16-10-23-8-6-13(16)7-9-23/h2-5,11,13,16H,6-10H2,1H3,(H,20,24)(H,21,25). The number of oxazole rings is 1. The molecule has 2 N–H and O–H groups in total. The summed E-state index contributed by atoms with van der Waals surface area (Å²) in [5.41, 5.74) is 0.655. The van der Waals surface area contributed by atoms with Gasteiger partial charge in [-0.1, -0.05) is 0 Å². The summed E-state index contributed by atoms with van der Waals surface area (Å²) in [6.07, 6.45) is 3.76. The maximum absolute atomic E-state index is 12.6. The summed E-state index contributed by atoms with van der Waals surface area (Å²) >= 11 is 1.33. The van der Waals surface area contributed by atoms with E-state index in [4.69, 9.17) is 4.42 Å². The van der Waals surface area contributed by atoms with Crippen LogP contribution in [0.2, 0.25) is 0 Å². The molecular weight excluding hydrogens is 364 g/mol. The van der Waals surface area contributed by atoms with Crippen LogP contribution in [0.5, 0.6) is 0 Å². The molecule has 27 heavy (non-hydrogen) atoms. The van der Waals surface area contributed by atoms with Crippen LogP contribution >= 0.6 is 11.8 Å². The molecule has 2 bridgehead atoms. The molecule has 0 spiro atoms. The zero-order valence-electron chi connectivity index (χ0n) is 15.1. The van der Waals surface area contributed by atoms with Crippen molar-refractivity contribution < 1.29 is 14.0 Å². The molecule has 142 valence electrons. The highest BCUT2D eigenvalue weighted by molar-refractivity contribution is 7.99. The van der Waals surface area contributed by atoms with Crippen molar-refractivity contribution in [1.82, 2.24) is 15.2 Å². The van der Waals surface area contributed by atoms with Crippen molar-refractivity contribution in [3.05, 3.63) is 36.1 Å². The lowest BCUT2D eigenvalue weighted by atomic mass is 9.84. The van der Waals surface area contributed by atoms with Crippen LogP contribution in [-0.2, 0) is 4.79 Å². The van der Waals surface area contributed by atoms with Crippen molar-refractivity contribution in [3.8, 4) is 0 Å². The Balaban J connectivity index is 1.35. The number of rotatable bonds is 5. The van der Waals surface area contributed by atoms with Crippen molar-refractivity contribution in [2.24, 2.45) is 5.92 Å². The van der Waals surface area contributed by atoms with Crippen molar-refractivity contribution >= 4 is 29.4 Å². The summed E-state index contributed by atoms with van der Waals surface area (Å²) < 4.78 is 5.33. The Labute approximate surface area is 161 Å². The van der Waals surface area contributed by atoms with E-state index in [0.717, 1.165) is 24.5 Å². The molecule has 2 aromatic rings. The molecule has 3 fully saturated rings. The Morgan fingerprint density at radius 1 is 1.22 bits per heavy atom. The molecular formula is C19H22N4O3S. The highest BCUT2D eigenvalue weighted by Gasteiger charge is 2.34. The fraction of sp³-hybridized carbons (Fsp3) is 0.421. The minimum Gasteiger partial charge on any atom is -0.437 e. The average molecular weight is 386 g/mol. The van der Waals surface area contributed by atoms with Crippen LogP contribution in [0.25, 0.3) is 0 Å². The fourth-order valence-electron chi connectivity index (χ4n) is 3.70. The third-order valence-electron chi connectivity index (χ3n) is 5.08. The van der Waals surface area contributed by atoms with Gasteiger partial charge in [-0.25, -0.2) is 0 Å². The van der Waals surface area contributed by atoms with Crippen LogP contribution in [0.4, 0.5) is 5.82 Å². The van der Waals surface area contributed by atoms with E-state index in [1.54, 1.807) is 0 Å². The smallest absolute Gasteiger partial charge is 0.262 e. The summed E-state index contributed by atoms with van der Waals surface area (Å²) in [6.45, 7) is 4.70. The minimum atomic E-state index is -0.196. The second-order valence-electron chi connectivity index (χ2n) is 7.02. The Morgan fingerprint density at radius 2 is 1.96 bits per heavy atom. The van der Waals surface area contributed by atoms with E-state index < -0.39 is 0 Å². The molecule has 8 heteroatoms. The molecule has 0 saturated carbocycles. The quantitative estimate of drug-likeness (QED) is 0.821. The predicted octanol–water partition coefficient (Wildman–Crippen LogP) is 2.61. The summed E-state index contributed by atoms with van der Waals surface area (Å²) in [4.78, 5) is 31.1. The van der Waals surface area contributed by atoms with E-state index in [1.807, 2.05) is 24.3 Å². The highest BCUT2D eigenvalue weighted by atomic mass is 32.2. The van der Waals surface area contributed by atoms with E-state index in [1.165, 1.54) is 37.8 Å². The largest absolute Gasteiger partial charge is 0.437 e. The number of aromatic nitrogens is 1. The number of piperidine rings is 3. The summed E-state index contributed by atoms with van der Waals surface area (Å²) in [7, 11) is 0. The molecule has 3 saturated heterocycles. The van der Waals surface area contributed by atoms with E-state index in [9.17, 15) is 9.59 Å². The number of carbonyl (C=O) groups is 2. The number of nitrogens with zero attached hydrogens (tertiary/aromatic N) is 2. The number of nitrogens with one attached hydrogen (secondary N) is 2. The summed E-state index contributed by atoms with van der Waals surface area (Å²) in [6, 6.07) is 7.64. The van der Waals surface area contributed by atoms with Crippen molar-refractivity contribution in [2.75, 3.05) is 25.0 Å². The van der Waals surface area contributed by atoms with E-state index in [2.05, 4.69) is 20.5 Å². The Morgan fingerprint density at radius 3 is 2.59 bits per heavy atom. The first-order chi connectivity index (χ1) is 13.1. The normalized spacial score (nSPS) is 23.8. The first kappa shape index (κ1) is 18.1. The molecule has 1 atom stereocenters. The topological polar surface area (TPSA) is 87.5 Å². The second kappa shape index (κ2) is 7.74. The fourth-order valence-corrected chi connectivity index (χ4v) is 4.41. The van der Waals surface area contributed by atoms with Crippen LogP contribution in [0.1, 0.15) is 30.1 Å². The van der Waals surface area contributed by atoms with Crippen LogP contribution < -0.4 is 10.6 Å². The van der Waals surface area contributed by atoms with Crippen LogP contribution in [-0.4, -0.2) is 47.4 Å². The van der Waals surface area contributed by atoms with Gasteiger partial charge in [0.2, 0.25) is 5.91 Å². The third kappa shape index (κ3) is 4.33. The second-order valence-corrected chi connectivity index (χ2v) is 8.05. The number of anilines is 1. The summed E-state index contributed by atoms with van der Waals surface area (Å²) in [5.74, 6) is 0.780. The van der Waals surface area contributed by atoms with Crippen molar-refractivity contribution in [1.29, 1.82) is 0 Å². The SMILES string of the molecule is CC(=O)Nc1coc(Sc2ccc(C(=O)NC3CN4CCC3CC4)cc2)n1. The van der Waals surface area contributed by atoms with Gasteiger partial charge in [-0.2, -0.15) is 4.98 Å². The number of fused-ring (bicyclic) bond motifs is 3. The third-order valence-corrected chi connectivity index (χ3v) is 5.95. The van der Waals surface area contributed by atoms with Crippen molar-refractivity contribution in [2.45, 2.75) is 35.9 Å². The van der Waals surface area contributed by atoms with Gasteiger partial charge in [-0.15, -0.1) is 0 Å². The van der Waals surface area contributed by atoms with Gasteiger partial charge < -0.3 is 20.0 Å². The molecule has 2 amide bonds. The molecule has 1 aromatic heterocycles. The molecule has 5 rings (SSSR count). The molecule has 1 unspecified atom stereocenters. The number of benzene rings is 1. The highest BCUT2D eigenvalue weighted by Crippen LogP contribution is 2.29. The first-order valence-electron chi connectivity index (χ1n) is 9.11. The predicted molar refractivity (Wildman–Crippen MR) is 102 cm³/mol. The van der Waals surface area contributed by atoms with E-state index in [0.29, 0.717) is 22.5 Å². The van der Waals surface area contributed by atoms with Crippen molar-refractivity contribution in [3.63, 3.8) is 0 Å². The van der Waals surface area contributed by atoms with Gasteiger partial charge >= 0.3 is 0 Å². The van der Waals surface area contributed by atoms with Crippen LogP contribution in [0.3, 0.4) is 0 Å². The zero-order valence-corrected chi connectivity index (χ0v) is 15.9. The number of carbonyl (C=O) groups excluding carboxylic acids is 2. The maximum atomic E-state index is 12.6. The maximum Gasteiger partial charge on any atom is 0.262 e.